The molecule has 124 valence electrons. The molecule has 1 atom stereocenters. The molecule has 1 unspecified atom stereocenters. The highest BCUT2D eigenvalue weighted by Gasteiger charge is 2.63. The number of halogens is 3. The van der Waals surface area contributed by atoms with E-state index in [0.717, 1.165) is 26.5 Å². The molecule has 2 N–H and O–H groups in total. The fraction of sp³-hybridized carbons (Fsp3) is 0.286. The maximum Gasteiger partial charge on any atom is 0.432 e. The number of hydrogen-bond acceptors (Lipinski definition) is 5. The van der Waals surface area contributed by atoms with Crippen molar-refractivity contribution in [1.29, 1.82) is 0 Å². The van der Waals surface area contributed by atoms with Crippen LogP contribution in [-0.2, 0) is 19.9 Å². The number of aromatic amines is 1. The molecule has 0 saturated heterocycles. The fourth-order valence-electron chi connectivity index (χ4n) is 2.19. The molecular formula is C14H12F3NO5. The van der Waals surface area contributed by atoms with Crippen LogP contribution < -0.4 is 0 Å². The average molecular weight is 331 g/mol. The van der Waals surface area contributed by atoms with Gasteiger partial charge in [0.1, 0.15) is 0 Å². The largest absolute Gasteiger partial charge is 0.466 e. The lowest BCUT2D eigenvalue weighted by Gasteiger charge is -2.27. The van der Waals surface area contributed by atoms with Gasteiger partial charge in [-0.2, -0.15) is 13.2 Å². The SMILES string of the molecule is COC(=O)c1ccc2[nH]cc(C(O)(C(=O)OC)C(F)(F)F)c2c1. The minimum Gasteiger partial charge on any atom is -0.466 e. The fourth-order valence-corrected chi connectivity index (χ4v) is 2.19. The van der Waals surface area contributed by atoms with Crippen molar-refractivity contribution in [2.24, 2.45) is 0 Å². The van der Waals surface area contributed by atoms with Gasteiger partial charge in [-0.1, -0.05) is 0 Å². The predicted octanol–water partition coefficient (Wildman–Crippen LogP) is 1.88. The molecule has 9 heteroatoms. The van der Waals surface area contributed by atoms with Gasteiger partial charge in [0, 0.05) is 22.7 Å². The second-order valence-corrected chi connectivity index (χ2v) is 4.65. The van der Waals surface area contributed by atoms with Gasteiger partial charge in [0.2, 0.25) is 0 Å². The number of fused-ring (bicyclic) bond motifs is 1. The Kier molecular flexibility index (Phi) is 4.08. The highest BCUT2D eigenvalue weighted by molar-refractivity contribution is 5.98. The third kappa shape index (κ3) is 2.52. The van der Waals surface area contributed by atoms with E-state index < -0.39 is 29.3 Å². The van der Waals surface area contributed by atoms with E-state index in [4.69, 9.17) is 0 Å². The Morgan fingerprint density at radius 1 is 1.17 bits per heavy atom. The summed E-state index contributed by atoms with van der Waals surface area (Å²) in [4.78, 5) is 25.6. The number of aliphatic hydroxyl groups is 1. The molecule has 1 aromatic carbocycles. The van der Waals surface area contributed by atoms with E-state index in [0.29, 0.717) is 0 Å². The first-order valence-electron chi connectivity index (χ1n) is 6.24. The smallest absolute Gasteiger partial charge is 0.432 e. The van der Waals surface area contributed by atoms with Crippen LogP contribution in [0.4, 0.5) is 13.2 Å². The predicted molar refractivity (Wildman–Crippen MR) is 71.6 cm³/mol. The number of hydrogen-bond donors (Lipinski definition) is 2. The van der Waals surface area contributed by atoms with Gasteiger partial charge in [-0.3, -0.25) is 0 Å². The van der Waals surface area contributed by atoms with Crippen LogP contribution in [-0.4, -0.2) is 42.4 Å². The summed E-state index contributed by atoms with van der Waals surface area (Å²) in [5.41, 5.74) is -4.47. The Labute approximate surface area is 127 Å². The number of rotatable bonds is 3. The first-order chi connectivity index (χ1) is 10.7. The molecule has 2 aromatic rings. The Bertz CT molecular complexity index is 767. The van der Waals surface area contributed by atoms with Crippen molar-refractivity contribution in [2.75, 3.05) is 14.2 Å². The standard InChI is InChI=1S/C14H12F3NO5/c1-22-11(19)7-3-4-10-8(5-7)9(6-18-10)13(21,12(20)23-2)14(15,16)17/h3-6,18,21H,1-2H3. The van der Waals surface area contributed by atoms with Gasteiger partial charge < -0.3 is 19.6 Å². The van der Waals surface area contributed by atoms with Crippen molar-refractivity contribution in [3.63, 3.8) is 0 Å². The molecule has 0 fully saturated rings. The molecule has 0 aliphatic rings. The second kappa shape index (κ2) is 5.58. The van der Waals surface area contributed by atoms with Crippen molar-refractivity contribution >= 4 is 22.8 Å². The van der Waals surface area contributed by atoms with E-state index in [2.05, 4.69) is 14.5 Å². The van der Waals surface area contributed by atoms with Gasteiger partial charge in [-0.15, -0.1) is 0 Å². The normalized spacial score (nSPS) is 14.3. The number of methoxy groups -OCH3 is 2. The number of nitrogens with one attached hydrogen (secondary N) is 1. The first kappa shape index (κ1) is 16.8. The van der Waals surface area contributed by atoms with E-state index in [1.54, 1.807) is 0 Å². The summed E-state index contributed by atoms with van der Waals surface area (Å²) in [5.74, 6) is -2.65. The number of esters is 2. The van der Waals surface area contributed by atoms with E-state index in [9.17, 15) is 27.9 Å². The Hall–Kier alpha value is -2.55. The molecule has 0 radical (unpaired) electrons. The number of alkyl halides is 3. The molecule has 0 amide bonds. The number of benzene rings is 1. The van der Waals surface area contributed by atoms with Crippen LogP contribution in [0.15, 0.2) is 24.4 Å². The van der Waals surface area contributed by atoms with E-state index >= 15 is 0 Å². The number of H-pyrrole nitrogens is 1. The van der Waals surface area contributed by atoms with E-state index in [-0.39, 0.29) is 16.5 Å². The molecule has 6 nitrogen and oxygen atoms in total. The molecule has 0 bridgehead atoms. The molecule has 0 aliphatic heterocycles. The highest BCUT2D eigenvalue weighted by Crippen LogP contribution is 2.42. The molecule has 1 aromatic heterocycles. The van der Waals surface area contributed by atoms with Crippen LogP contribution in [0.2, 0.25) is 0 Å². The minimum absolute atomic E-state index is 0.0322. The number of aromatic nitrogens is 1. The monoisotopic (exact) mass is 331 g/mol. The van der Waals surface area contributed by atoms with Gasteiger partial charge in [-0.25, -0.2) is 9.59 Å². The second-order valence-electron chi connectivity index (χ2n) is 4.65. The lowest BCUT2D eigenvalue weighted by Crippen LogP contribution is -2.49. The summed E-state index contributed by atoms with van der Waals surface area (Å²) in [6.07, 6.45) is -4.48. The molecule has 23 heavy (non-hydrogen) atoms. The van der Waals surface area contributed by atoms with Crippen molar-refractivity contribution in [3.8, 4) is 0 Å². The van der Waals surface area contributed by atoms with Gasteiger partial charge >= 0.3 is 18.1 Å². The Morgan fingerprint density at radius 3 is 2.35 bits per heavy atom. The zero-order valence-corrected chi connectivity index (χ0v) is 12.0. The molecule has 0 aliphatic carbocycles. The van der Waals surface area contributed by atoms with Crippen molar-refractivity contribution in [2.45, 2.75) is 11.8 Å². The third-order valence-electron chi connectivity index (χ3n) is 3.38. The van der Waals surface area contributed by atoms with Crippen LogP contribution in [0.3, 0.4) is 0 Å². The van der Waals surface area contributed by atoms with Crippen LogP contribution in [0.25, 0.3) is 10.9 Å². The minimum atomic E-state index is -5.32. The summed E-state index contributed by atoms with van der Waals surface area (Å²) in [6.45, 7) is 0. The summed E-state index contributed by atoms with van der Waals surface area (Å²) in [5, 5.41) is 9.87. The highest BCUT2D eigenvalue weighted by atomic mass is 19.4. The van der Waals surface area contributed by atoms with E-state index in [1.165, 1.54) is 12.1 Å². The molecule has 1 heterocycles. The zero-order valence-electron chi connectivity index (χ0n) is 12.0. The van der Waals surface area contributed by atoms with Gasteiger partial charge in [0.05, 0.1) is 19.8 Å². The lowest BCUT2D eigenvalue weighted by molar-refractivity contribution is -0.266. The maximum atomic E-state index is 13.3. The van der Waals surface area contributed by atoms with Crippen LogP contribution in [0.5, 0.6) is 0 Å². The summed E-state index contributed by atoms with van der Waals surface area (Å²) < 4.78 is 48.5. The van der Waals surface area contributed by atoms with Crippen molar-refractivity contribution < 1.29 is 37.3 Å². The zero-order chi connectivity index (χ0) is 17.4. The first-order valence-corrected chi connectivity index (χ1v) is 6.24. The topological polar surface area (TPSA) is 88.6 Å². The third-order valence-corrected chi connectivity index (χ3v) is 3.38. The number of ether oxygens (including phenoxy) is 2. The van der Waals surface area contributed by atoms with Gasteiger partial charge in [0.15, 0.2) is 0 Å². The quantitative estimate of drug-likeness (QED) is 0.839. The molecule has 0 spiro atoms. The molecular weight excluding hydrogens is 319 g/mol. The van der Waals surface area contributed by atoms with Crippen molar-refractivity contribution in [1.82, 2.24) is 4.98 Å². The molecule has 0 saturated carbocycles. The van der Waals surface area contributed by atoms with Crippen LogP contribution in [0, 0.1) is 0 Å². The van der Waals surface area contributed by atoms with Gasteiger partial charge in [-0.05, 0) is 18.2 Å². The Morgan fingerprint density at radius 2 is 1.83 bits per heavy atom. The van der Waals surface area contributed by atoms with Gasteiger partial charge in [0.25, 0.3) is 5.60 Å². The van der Waals surface area contributed by atoms with E-state index in [1.807, 2.05) is 0 Å². The maximum absolute atomic E-state index is 13.3. The number of carbonyl (C=O) groups excluding carboxylic acids is 2. The summed E-state index contributed by atoms with van der Waals surface area (Å²) >= 11 is 0. The number of carbonyl (C=O) groups is 2. The summed E-state index contributed by atoms with van der Waals surface area (Å²) in [6, 6.07) is 3.76. The van der Waals surface area contributed by atoms with Crippen LogP contribution >= 0.6 is 0 Å². The summed E-state index contributed by atoms with van der Waals surface area (Å²) in [7, 11) is 1.85. The van der Waals surface area contributed by atoms with Crippen LogP contribution in [0.1, 0.15) is 15.9 Å². The Balaban J connectivity index is 2.74. The average Bonchev–Trinajstić information content (AvgIpc) is 2.94. The lowest BCUT2D eigenvalue weighted by atomic mass is 9.92. The van der Waals surface area contributed by atoms with Crippen molar-refractivity contribution in [3.05, 3.63) is 35.5 Å². The molecule has 2 rings (SSSR count).